The predicted octanol–water partition coefficient (Wildman–Crippen LogP) is 2.43. The van der Waals surface area contributed by atoms with E-state index in [1.165, 1.54) is 0 Å². The van der Waals surface area contributed by atoms with Crippen molar-refractivity contribution in [3.05, 3.63) is 26.6 Å². The fourth-order valence-electron chi connectivity index (χ4n) is 1.16. The van der Waals surface area contributed by atoms with Gasteiger partial charge in [0.2, 0.25) is 0 Å². The molecule has 0 amide bonds. The third-order valence-corrected chi connectivity index (χ3v) is 3.76. The largest absolute Gasteiger partial charge is 0.381 e. The van der Waals surface area contributed by atoms with Gasteiger partial charge in [0.15, 0.2) is 5.75 Å². The monoisotopic (exact) mass is 326 g/mol. The van der Waals surface area contributed by atoms with E-state index in [0.29, 0.717) is 15.8 Å². The molecule has 0 atom stereocenters. The summed E-state index contributed by atoms with van der Waals surface area (Å²) in [6.07, 6.45) is 0. The SMILES string of the molecule is O=S1(=O)Cc2cc(Br)cc(Br)c2O1. The average Bonchev–Trinajstić information content (AvgIpc) is 2.23. The van der Waals surface area contributed by atoms with Gasteiger partial charge in [-0.2, -0.15) is 8.42 Å². The van der Waals surface area contributed by atoms with E-state index in [1.54, 1.807) is 12.1 Å². The molecule has 1 heterocycles. The van der Waals surface area contributed by atoms with Crippen molar-refractivity contribution in [3.8, 4) is 5.75 Å². The van der Waals surface area contributed by atoms with E-state index in [9.17, 15) is 8.42 Å². The number of hydrogen-bond acceptors (Lipinski definition) is 3. The maximum Gasteiger partial charge on any atom is 0.313 e. The Balaban J connectivity index is 2.64. The van der Waals surface area contributed by atoms with Crippen LogP contribution in [0.15, 0.2) is 21.1 Å². The first-order chi connectivity index (χ1) is 5.98. The number of hydrogen-bond donors (Lipinski definition) is 0. The van der Waals surface area contributed by atoms with E-state index >= 15 is 0 Å². The van der Waals surface area contributed by atoms with Gasteiger partial charge in [0.05, 0.1) is 4.47 Å². The van der Waals surface area contributed by atoms with E-state index in [2.05, 4.69) is 31.9 Å². The number of rotatable bonds is 0. The zero-order chi connectivity index (χ0) is 9.64. The molecule has 0 aromatic heterocycles. The molecule has 3 nitrogen and oxygen atoms in total. The molecule has 13 heavy (non-hydrogen) atoms. The van der Waals surface area contributed by atoms with Crippen LogP contribution < -0.4 is 4.18 Å². The Hall–Kier alpha value is -0.0700. The summed E-state index contributed by atoms with van der Waals surface area (Å²) in [6.45, 7) is 0. The summed E-state index contributed by atoms with van der Waals surface area (Å²) in [5, 5.41) is 0. The zero-order valence-electron chi connectivity index (χ0n) is 6.25. The third kappa shape index (κ3) is 1.75. The van der Waals surface area contributed by atoms with Gasteiger partial charge in [-0.05, 0) is 28.1 Å². The molecule has 0 aliphatic carbocycles. The van der Waals surface area contributed by atoms with Crippen molar-refractivity contribution in [2.24, 2.45) is 0 Å². The molecular weight excluding hydrogens is 324 g/mol. The standard InChI is InChI=1S/C7H4Br2O3S/c8-5-1-4-3-13(10,11)12-7(4)6(9)2-5/h1-2H,3H2. The minimum Gasteiger partial charge on any atom is -0.381 e. The lowest BCUT2D eigenvalue weighted by molar-refractivity contribution is 0.498. The summed E-state index contributed by atoms with van der Waals surface area (Å²) in [5.74, 6) is 0.351. The summed E-state index contributed by atoms with van der Waals surface area (Å²) in [4.78, 5) is 0. The Morgan fingerprint density at radius 3 is 2.69 bits per heavy atom. The molecule has 0 fully saturated rings. The van der Waals surface area contributed by atoms with E-state index in [0.717, 1.165) is 4.47 Å². The molecule has 70 valence electrons. The van der Waals surface area contributed by atoms with Crippen LogP contribution >= 0.6 is 31.9 Å². The Labute approximate surface area is 92.5 Å². The minimum absolute atomic E-state index is 0.0552. The van der Waals surface area contributed by atoms with Gasteiger partial charge < -0.3 is 4.18 Å². The summed E-state index contributed by atoms with van der Waals surface area (Å²) in [6, 6.07) is 3.49. The molecule has 1 aliphatic heterocycles. The molecule has 1 aromatic rings. The first kappa shape index (κ1) is 9.48. The van der Waals surface area contributed by atoms with Gasteiger partial charge in [-0.25, -0.2) is 0 Å². The average molecular weight is 328 g/mol. The first-order valence-corrected chi connectivity index (χ1v) is 6.54. The summed E-state index contributed by atoms with van der Waals surface area (Å²) >= 11 is 6.50. The lowest BCUT2D eigenvalue weighted by Crippen LogP contribution is -2.02. The second-order valence-corrected chi connectivity index (χ2v) is 6.00. The van der Waals surface area contributed by atoms with Crippen LogP contribution in [0, 0.1) is 0 Å². The van der Waals surface area contributed by atoms with Gasteiger partial charge >= 0.3 is 10.1 Å². The van der Waals surface area contributed by atoms with Gasteiger partial charge in [0, 0.05) is 10.0 Å². The third-order valence-electron chi connectivity index (χ3n) is 1.63. The van der Waals surface area contributed by atoms with Gasteiger partial charge in [0.25, 0.3) is 0 Å². The molecule has 0 spiro atoms. The van der Waals surface area contributed by atoms with Gasteiger partial charge in [0.1, 0.15) is 5.75 Å². The molecule has 0 radical (unpaired) electrons. The highest BCUT2D eigenvalue weighted by atomic mass is 79.9. The Bertz CT molecular complexity index is 467. The number of fused-ring (bicyclic) bond motifs is 1. The molecule has 0 saturated carbocycles. The fraction of sp³-hybridized carbons (Fsp3) is 0.143. The minimum atomic E-state index is -3.40. The molecule has 0 unspecified atom stereocenters. The molecule has 1 aliphatic rings. The molecule has 2 rings (SSSR count). The Morgan fingerprint density at radius 2 is 2.00 bits per heavy atom. The fourth-order valence-corrected chi connectivity index (χ4v) is 3.77. The van der Waals surface area contributed by atoms with Crippen molar-refractivity contribution < 1.29 is 12.6 Å². The van der Waals surface area contributed by atoms with Crippen LogP contribution in [0.1, 0.15) is 5.56 Å². The Kier molecular flexibility index (Phi) is 2.16. The second-order valence-electron chi connectivity index (χ2n) is 2.66. The van der Waals surface area contributed by atoms with Crippen molar-refractivity contribution in [2.75, 3.05) is 0 Å². The predicted molar refractivity (Wildman–Crippen MR) is 55.1 cm³/mol. The maximum atomic E-state index is 11.1. The van der Waals surface area contributed by atoms with E-state index in [1.807, 2.05) is 0 Å². The van der Waals surface area contributed by atoms with Crippen LogP contribution in [0.25, 0.3) is 0 Å². The highest BCUT2D eigenvalue weighted by Crippen LogP contribution is 2.39. The maximum absolute atomic E-state index is 11.1. The normalized spacial score (nSPS) is 18.0. The van der Waals surface area contributed by atoms with Gasteiger partial charge in [-0.1, -0.05) is 15.9 Å². The van der Waals surface area contributed by atoms with Crippen molar-refractivity contribution in [1.82, 2.24) is 0 Å². The molecule has 0 saturated heterocycles. The second kappa shape index (κ2) is 2.96. The first-order valence-electron chi connectivity index (χ1n) is 3.38. The van der Waals surface area contributed by atoms with Crippen LogP contribution in [-0.4, -0.2) is 8.42 Å². The van der Waals surface area contributed by atoms with Crippen LogP contribution in [0.4, 0.5) is 0 Å². The molecule has 0 bridgehead atoms. The van der Waals surface area contributed by atoms with Crippen LogP contribution in [0.2, 0.25) is 0 Å². The van der Waals surface area contributed by atoms with E-state index in [4.69, 9.17) is 4.18 Å². The highest BCUT2D eigenvalue weighted by molar-refractivity contribution is 9.11. The summed E-state index contributed by atoms with van der Waals surface area (Å²) in [5.41, 5.74) is 0.682. The Morgan fingerprint density at radius 1 is 1.31 bits per heavy atom. The summed E-state index contributed by atoms with van der Waals surface area (Å²) in [7, 11) is -3.40. The smallest absolute Gasteiger partial charge is 0.313 e. The van der Waals surface area contributed by atoms with Crippen LogP contribution in [-0.2, 0) is 15.9 Å². The molecular formula is C7H4Br2O3S. The topological polar surface area (TPSA) is 43.4 Å². The van der Waals surface area contributed by atoms with Crippen LogP contribution in [0.3, 0.4) is 0 Å². The number of halogens is 2. The number of benzene rings is 1. The lowest BCUT2D eigenvalue weighted by atomic mass is 10.2. The van der Waals surface area contributed by atoms with Gasteiger partial charge in [-0.15, -0.1) is 0 Å². The van der Waals surface area contributed by atoms with Crippen molar-refractivity contribution in [2.45, 2.75) is 5.75 Å². The van der Waals surface area contributed by atoms with Crippen molar-refractivity contribution in [3.63, 3.8) is 0 Å². The lowest BCUT2D eigenvalue weighted by Gasteiger charge is -1.99. The van der Waals surface area contributed by atoms with Crippen LogP contribution in [0.5, 0.6) is 5.75 Å². The van der Waals surface area contributed by atoms with Gasteiger partial charge in [-0.3, -0.25) is 0 Å². The molecule has 1 aromatic carbocycles. The molecule has 6 heteroatoms. The zero-order valence-corrected chi connectivity index (χ0v) is 10.2. The van der Waals surface area contributed by atoms with E-state index in [-0.39, 0.29) is 5.75 Å². The molecule has 0 N–H and O–H groups in total. The van der Waals surface area contributed by atoms with Crippen molar-refractivity contribution in [1.29, 1.82) is 0 Å². The highest BCUT2D eigenvalue weighted by Gasteiger charge is 2.28. The summed E-state index contributed by atoms with van der Waals surface area (Å²) < 4.78 is 28.5. The van der Waals surface area contributed by atoms with Crippen molar-refractivity contribution >= 4 is 42.0 Å². The quantitative estimate of drug-likeness (QED) is 0.687. The van der Waals surface area contributed by atoms with E-state index < -0.39 is 10.1 Å².